The Morgan fingerprint density at radius 1 is 1.40 bits per heavy atom. The lowest BCUT2D eigenvalue weighted by atomic mass is 10.1. The number of anilines is 2. The summed E-state index contributed by atoms with van der Waals surface area (Å²) < 4.78 is 4.99. The van der Waals surface area contributed by atoms with E-state index in [9.17, 15) is 14.9 Å². The highest BCUT2D eigenvalue weighted by Crippen LogP contribution is 2.23. The minimum atomic E-state index is -0.697. The van der Waals surface area contributed by atoms with Crippen LogP contribution in [0.15, 0.2) is 22.6 Å². The number of aromatic nitrogens is 2. The fourth-order valence-corrected chi connectivity index (χ4v) is 1.54. The van der Waals surface area contributed by atoms with Gasteiger partial charge in [0.2, 0.25) is 5.89 Å². The van der Waals surface area contributed by atoms with Crippen molar-refractivity contribution in [3.05, 3.63) is 39.8 Å². The van der Waals surface area contributed by atoms with Gasteiger partial charge < -0.3 is 9.73 Å². The number of rotatable bonds is 4. The molecule has 9 nitrogen and oxygen atoms in total. The topological polar surface area (TPSA) is 123 Å². The minimum absolute atomic E-state index is 0.0993. The number of carbonyl (C=O) groups is 1. The molecule has 2 rings (SSSR count). The van der Waals surface area contributed by atoms with Gasteiger partial charge in [0.1, 0.15) is 5.56 Å². The summed E-state index contributed by atoms with van der Waals surface area (Å²) >= 11 is 0. The van der Waals surface area contributed by atoms with Gasteiger partial charge in [-0.25, -0.2) is 0 Å². The van der Waals surface area contributed by atoms with E-state index in [0.717, 1.165) is 0 Å². The van der Waals surface area contributed by atoms with Crippen LogP contribution in [0.4, 0.5) is 17.4 Å². The van der Waals surface area contributed by atoms with Gasteiger partial charge in [-0.15, -0.1) is 5.10 Å². The number of amides is 1. The highest BCUT2D eigenvalue weighted by atomic mass is 16.6. The highest BCUT2D eigenvalue weighted by molar-refractivity contribution is 6.06. The molecule has 1 aromatic heterocycles. The smallest absolute Gasteiger partial charge is 0.322 e. The molecule has 0 spiro atoms. The molecule has 0 fully saturated rings. The van der Waals surface area contributed by atoms with E-state index >= 15 is 0 Å². The molecule has 0 aliphatic rings. The van der Waals surface area contributed by atoms with E-state index in [-0.39, 0.29) is 23.2 Å². The third kappa shape index (κ3) is 2.71. The molecule has 2 aromatic rings. The molecule has 0 atom stereocenters. The van der Waals surface area contributed by atoms with E-state index in [1.54, 1.807) is 14.0 Å². The van der Waals surface area contributed by atoms with E-state index in [0.29, 0.717) is 5.69 Å². The zero-order valence-electron chi connectivity index (χ0n) is 10.7. The van der Waals surface area contributed by atoms with Crippen LogP contribution in [0.25, 0.3) is 0 Å². The van der Waals surface area contributed by atoms with Crippen LogP contribution in [0.5, 0.6) is 0 Å². The van der Waals surface area contributed by atoms with Crippen LogP contribution in [-0.4, -0.2) is 28.1 Å². The number of hydrogen-bond acceptors (Lipinski definition) is 7. The SMILES string of the molecule is CNc1ccc([N+](=O)[O-])c(C(=O)Nc2nnc(C)o2)c1. The van der Waals surface area contributed by atoms with E-state index in [1.165, 1.54) is 18.2 Å². The molecule has 2 N–H and O–H groups in total. The molecule has 0 unspecified atom stereocenters. The van der Waals surface area contributed by atoms with Gasteiger partial charge in [0.15, 0.2) is 0 Å². The Balaban J connectivity index is 2.34. The molecule has 0 aliphatic heterocycles. The summed E-state index contributed by atoms with van der Waals surface area (Å²) in [4.78, 5) is 22.4. The largest absolute Gasteiger partial charge is 0.408 e. The van der Waals surface area contributed by atoms with Crippen LogP contribution in [0, 0.1) is 17.0 Å². The van der Waals surface area contributed by atoms with Crippen LogP contribution in [-0.2, 0) is 0 Å². The first-order valence-electron chi connectivity index (χ1n) is 5.59. The van der Waals surface area contributed by atoms with Crippen LogP contribution >= 0.6 is 0 Å². The summed E-state index contributed by atoms with van der Waals surface area (Å²) in [7, 11) is 1.64. The standard InChI is InChI=1S/C11H11N5O4/c1-6-14-15-11(20-6)13-10(17)8-5-7(12-2)3-4-9(8)16(18)19/h3-5,12H,1-2H3,(H,13,15,17). The summed E-state index contributed by atoms with van der Waals surface area (Å²) in [5.74, 6) is -0.420. The van der Waals surface area contributed by atoms with Gasteiger partial charge in [-0.1, -0.05) is 5.10 Å². The second-order valence-electron chi connectivity index (χ2n) is 3.82. The molecule has 0 saturated heterocycles. The second-order valence-corrected chi connectivity index (χ2v) is 3.82. The summed E-state index contributed by atoms with van der Waals surface area (Å²) in [6.07, 6.45) is 0. The summed E-state index contributed by atoms with van der Waals surface area (Å²) in [5, 5.41) is 23.2. The lowest BCUT2D eigenvalue weighted by Gasteiger charge is -2.05. The number of nitrogens with zero attached hydrogens (tertiary/aromatic N) is 3. The molecule has 0 radical (unpaired) electrons. The molecule has 9 heteroatoms. The van der Waals surface area contributed by atoms with Crippen LogP contribution in [0.1, 0.15) is 16.2 Å². The lowest BCUT2D eigenvalue weighted by molar-refractivity contribution is -0.385. The Labute approximate surface area is 113 Å². The zero-order valence-corrected chi connectivity index (χ0v) is 10.7. The van der Waals surface area contributed by atoms with Gasteiger partial charge in [0.25, 0.3) is 11.6 Å². The molecule has 0 bridgehead atoms. The fourth-order valence-electron chi connectivity index (χ4n) is 1.54. The predicted octanol–water partition coefficient (Wildman–Crippen LogP) is 1.58. The number of aryl methyl sites for hydroxylation is 1. The lowest BCUT2D eigenvalue weighted by Crippen LogP contribution is -2.14. The summed E-state index contributed by atoms with van der Waals surface area (Å²) in [5.41, 5.74) is 0.165. The maximum atomic E-state index is 12.0. The van der Waals surface area contributed by atoms with E-state index in [1.807, 2.05) is 0 Å². The number of benzene rings is 1. The zero-order chi connectivity index (χ0) is 14.7. The molecule has 0 saturated carbocycles. The van der Waals surface area contributed by atoms with Gasteiger partial charge >= 0.3 is 6.01 Å². The van der Waals surface area contributed by atoms with Gasteiger partial charge in [-0.3, -0.25) is 20.2 Å². The van der Waals surface area contributed by atoms with E-state index in [4.69, 9.17) is 4.42 Å². The van der Waals surface area contributed by atoms with Crippen LogP contribution in [0.3, 0.4) is 0 Å². The van der Waals surface area contributed by atoms with Crippen molar-refractivity contribution >= 4 is 23.3 Å². The monoisotopic (exact) mass is 277 g/mol. The molecular weight excluding hydrogens is 266 g/mol. The number of nitrogens with one attached hydrogen (secondary N) is 2. The molecule has 0 aliphatic carbocycles. The normalized spacial score (nSPS) is 10.1. The first-order valence-corrected chi connectivity index (χ1v) is 5.59. The van der Waals surface area contributed by atoms with Crippen LogP contribution < -0.4 is 10.6 Å². The number of hydrogen-bond donors (Lipinski definition) is 2. The average Bonchev–Trinajstić information content (AvgIpc) is 2.83. The Morgan fingerprint density at radius 3 is 2.70 bits per heavy atom. The van der Waals surface area contributed by atoms with Crippen molar-refractivity contribution in [2.75, 3.05) is 17.7 Å². The van der Waals surface area contributed by atoms with Crippen molar-refractivity contribution in [1.82, 2.24) is 10.2 Å². The third-order valence-electron chi connectivity index (χ3n) is 2.47. The molecular formula is C11H11N5O4. The predicted molar refractivity (Wildman–Crippen MR) is 69.6 cm³/mol. The van der Waals surface area contributed by atoms with Crippen molar-refractivity contribution in [1.29, 1.82) is 0 Å². The Morgan fingerprint density at radius 2 is 2.15 bits per heavy atom. The Kier molecular flexibility index (Phi) is 3.60. The van der Waals surface area contributed by atoms with Gasteiger partial charge in [-0.05, 0) is 12.1 Å². The maximum Gasteiger partial charge on any atom is 0.322 e. The van der Waals surface area contributed by atoms with Crippen molar-refractivity contribution in [3.63, 3.8) is 0 Å². The first-order chi connectivity index (χ1) is 9.51. The molecule has 1 aromatic carbocycles. The number of nitro benzene ring substituents is 1. The highest BCUT2D eigenvalue weighted by Gasteiger charge is 2.22. The van der Waals surface area contributed by atoms with Crippen molar-refractivity contribution in [3.8, 4) is 0 Å². The van der Waals surface area contributed by atoms with Gasteiger partial charge in [0, 0.05) is 25.7 Å². The average molecular weight is 277 g/mol. The first kappa shape index (κ1) is 13.5. The minimum Gasteiger partial charge on any atom is -0.408 e. The quantitative estimate of drug-likeness (QED) is 0.642. The van der Waals surface area contributed by atoms with Crippen molar-refractivity contribution < 1.29 is 14.1 Å². The number of nitro groups is 1. The molecule has 1 heterocycles. The summed E-state index contributed by atoms with van der Waals surface area (Å²) in [6.45, 7) is 1.56. The Bertz CT molecular complexity index is 667. The second kappa shape index (κ2) is 5.34. The number of carbonyl (C=O) groups excluding carboxylic acids is 1. The Hall–Kier alpha value is -2.97. The van der Waals surface area contributed by atoms with E-state index < -0.39 is 10.8 Å². The van der Waals surface area contributed by atoms with Crippen LogP contribution in [0.2, 0.25) is 0 Å². The summed E-state index contributed by atoms with van der Waals surface area (Å²) in [6, 6.07) is 4.01. The van der Waals surface area contributed by atoms with Gasteiger partial charge in [0.05, 0.1) is 4.92 Å². The van der Waals surface area contributed by atoms with E-state index in [2.05, 4.69) is 20.8 Å². The maximum absolute atomic E-state index is 12.0. The molecule has 20 heavy (non-hydrogen) atoms. The van der Waals surface area contributed by atoms with Crippen molar-refractivity contribution in [2.24, 2.45) is 0 Å². The molecule has 104 valence electrons. The van der Waals surface area contributed by atoms with Gasteiger partial charge in [-0.2, -0.15) is 0 Å². The molecule has 1 amide bonds. The fraction of sp³-hybridized carbons (Fsp3) is 0.182. The van der Waals surface area contributed by atoms with Crippen molar-refractivity contribution in [2.45, 2.75) is 6.92 Å². The third-order valence-corrected chi connectivity index (χ3v) is 2.47.